The molecule has 2 heterocycles. The Morgan fingerprint density at radius 3 is 2.35 bits per heavy atom. The second kappa shape index (κ2) is 12.0. The second-order valence-electron chi connectivity index (χ2n) is 7.82. The lowest BCUT2D eigenvalue weighted by molar-refractivity contribution is -0.122. The van der Waals surface area contributed by atoms with E-state index in [9.17, 15) is 4.79 Å². The summed E-state index contributed by atoms with van der Waals surface area (Å²) in [6.45, 7) is 10.3. The molecule has 1 amide bonds. The second-order valence-corrected chi connectivity index (χ2v) is 7.82. The molecule has 8 nitrogen and oxygen atoms in total. The molecule has 34 heavy (non-hydrogen) atoms. The minimum Gasteiger partial charge on any atom is -0.348 e. The molecule has 2 aromatic carbocycles. The molecular weight excluding hydrogens is 426 g/mol. The molecule has 0 aliphatic carbocycles. The molecule has 0 fully saturated rings. The number of anilines is 1. The zero-order valence-electron chi connectivity index (χ0n) is 20.3. The number of fused-ring (bicyclic) bond motifs is 1. The summed E-state index contributed by atoms with van der Waals surface area (Å²) in [5, 5.41) is 6.45. The van der Waals surface area contributed by atoms with Crippen LogP contribution in [0.4, 0.5) is 23.1 Å². The third-order valence-electron chi connectivity index (χ3n) is 5.40. The summed E-state index contributed by atoms with van der Waals surface area (Å²) in [5.41, 5.74) is 5.84. The average molecular weight is 461 g/mol. The van der Waals surface area contributed by atoms with Crippen LogP contribution >= 0.6 is 0 Å². The predicted octanol–water partition coefficient (Wildman–Crippen LogP) is 5.02. The number of nitrogens with zero attached hydrogens (tertiary/aromatic N) is 4. The highest BCUT2D eigenvalue weighted by Crippen LogP contribution is 2.41. The molecule has 0 saturated carbocycles. The van der Waals surface area contributed by atoms with Crippen molar-refractivity contribution in [3.8, 4) is 0 Å². The Morgan fingerprint density at radius 1 is 0.971 bits per heavy atom. The summed E-state index contributed by atoms with van der Waals surface area (Å²) in [4.78, 5) is 26.0. The van der Waals surface area contributed by atoms with Crippen molar-refractivity contribution < 1.29 is 4.79 Å². The molecule has 1 aromatic heterocycles. The number of hydrogen-bond donors (Lipinski definition) is 3. The van der Waals surface area contributed by atoms with Crippen molar-refractivity contribution in [2.75, 3.05) is 18.4 Å². The van der Waals surface area contributed by atoms with Gasteiger partial charge in [0.15, 0.2) is 5.69 Å². The number of quaternary nitrogens is 1. The van der Waals surface area contributed by atoms with E-state index in [-0.39, 0.29) is 16.5 Å². The van der Waals surface area contributed by atoms with Gasteiger partial charge in [-0.1, -0.05) is 67.8 Å². The van der Waals surface area contributed by atoms with Crippen LogP contribution in [0.25, 0.3) is 0 Å². The zero-order chi connectivity index (χ0) is 24.4. The highest BCUT2D eigenvalue weighted by atomic mass is 16.2. The molecule has 1 aliphatic rings. The fraction of sp³-hybridized carbons (Fsp3) is 0.308. The van der Waals surface area contributed by atoms with Crippen molar-refractivity contribution in [2.45, 2.75) is 40.2 Å². The molecule has 3 aromatic rings. The normalized spacial score (nSPS) is 16.7. The number of aromatic nitrogens is 2. The Balaban J connectivity index is 0.000000588. The van der Waals surface area contributed by atoms with Gasteiger partial charge in [-0.15, -0.1) is 0 Å². The lowest BCUT2D eigenvalue weighted by Crippen LogP contribution is -2.56. The number of carbonyl (C=O) groups is 1. The maximum absolute atomic E-state index is 12.4. The van der Waals surface area contributed by atoms with Gasteiger partial charge in [0.2, 0.25) is 12.3 Å². The fourth-order valence-electron chi connectivity index (χ4n) is 3.57. The van der Waals surface area contributed by atoms with E-state index in [0.717, 1.165) is 30.0 Å². The summed E-state index contributed by atoms with van der Waals surface area (Å²) in [6.07, 6.45) is 3.75. The smallest absolute Gasteiger partial charge is 0.268 e. The van der Waals surface area contributed by atoms with Crippen molar-refractivity contribution in [1.29, 1.82) is 0 Å². The summed E-state index contributed by atoms with van der Waals surface area (Å²) < 4.78 is -0.0697. The van der Waals surface area contributed by atoms with Gasteiger partial charge in [0.1, 0.15) is 5.69 Å². The van der Waals surface area contributed by atoms with Gasteiger partial charge in [-0.25, -0.2) is 4.98 Å². The Morgan fingerprint density at radius 2 is 1.68 bits per heavy atom. The average Bonchev–Trinajstić information content (AvgIpc) is 3.25. The first kappa shape index (κ1) is 25.0. The molecule has 0 saturated heterocycles. The van der Waals surface area contributed by atoms with Gasteiger partial charge in [0.05, 0.1) is 6.04 Å². The molecule has 0 spiro atoms. The van der Waals surface area contributed by atoms with E-state index in [2.05, 4.69) is 58.9 Å². The Hall–Kier alpha value is -3.62. The first-order valence-electron chi connectivity index (χ1n) is 11.7. The van der Waals surface area contributed by atoms with Crippen LogP contribution < -0.4 is 20.7 Å². The number of para-hydroxylation sites is 2. The van der Waals surface area contributed by atoms with Gasteiger partial charge in [-0.3, -0.25) is 4.79 Å². The van der Waals surface area contributed by atoms with Gasteiger partial charge < -0.3 is 10.6 Å². The molecule has 3 N–H and O–H groups in total. The Kier molecular flexibility index (Phi) is 8.84. The Bertz CT molecular complexity index is 1100. The first-order valence-corrected chi connectivity index (χ1v) is 11.7. The number of amides is 1. The van der Waals surface area contributed by atoms with E-state index in [1.807, 2.05) is 49.4 Å². The number of hydrogen-bond acceptors (Lipinski definition) is 6. The molecule has 2 unspecified atom stereocenters. The standard InChI is InChI=1S/C22H22N6O.C4H11N/c1-3-21(29)27-28(15-24-18-11-7-8-12-19(18)28)20-13-14-23-22(26-20)25-16(2)17-9-5-4-6-10-17;1-3-5-4-2/h4-16H,3H2,1-2H3,(H-,23,25,26,27,29);5H,3-4H2,1-2H3/p+1. The van der Waals surface area contributed by atoms with E-state index in [0.29, 0.717) is 18.2 Å². The van der Waals surface area contributed by atoms with E-state index in [4.69, 9.17) is 4.98 Å². The van der Waals surface area contributed by atoms with Crippen molar-refractivity contribution >= 4 is 35.4 Å². The number of benzene rings is 2. The van der Waals surface area contributed by atoms with E-state index >= 15 is 0 Å². The van der Waals surface area contributed by atoms with Crippen LogP contribution in [0, 0.1) is 0 Å². The maximum atomic E-state index is 12.4. The summed E-state index contributed by atoms with van der Waals surface area (Å²) in [5.74, 6) is 0.997. The Labute approximate surface area is 201 Å². The van der Waals surface area contributed by atoms with Crippen LogP contribution in [0.15, 0.2) is 71.9 Å². The lowest BCUT2D eigenvalue weighted by Gasteiger charge is -2.28. The van der Waals surface area contributed by atoms with Crippen LogP contribution in [0.5, 0.6) is 0 Å². The van der Waals surface area contributed by atoms with Crippen molar-refractivity contribution in [2.24, 2.45) is 4.99 Å². The molecule has 1 aliphatic heterocycles. The van der Waals surface area contributed by atoms with Gasteiger partial charge in [0, 0.05) is 24.8 Å². The highest BCUT2D eigenvalue weighted by Gasteiger charge is 2.42. The van der Waals surface area contributed by atoms with E-state index in [1.54, 1.807) is 18.6 Å². The van der Waals surface area contributed by atoms with Gasteiger partial charge >= 0.3 is 0 Å². The largest absolute Gasteiger partial charge is 0.348 e. The van der Waals surface area contributed by atoms with Crippen LogP contribution in [0.3, 0.4) is 0 Å². The molecule has 0 bridgehead atoms. The predicted molar refractivity (Wildman–Crippen MR) is 139 cm³/mol. The van der Waals surface area contributed by atoms with E-state index < -0.39 is 0 Å². The van der Waals surface area contributed by atoms with Crippen molar-refractivity contribution in [1.82, 2.24) is 25.3 Å². The minimum atomic E-state index is -0.0982. The first-order chi connectivity index (χ1) is 16.5. The number of rotatable bonds is 8. The molecular formula is C26H34N7O+. The maximum Gasteiger partial charge on any atom is 0.268 e. The minimum absolute atomic E-state index is 0.0321. The van der Waals surface area contributed by atoms with Crippen molar-refractivity contribution in [3.63, 3.8) is 0 Å². The number of carbonyl (C=O) groups excluding carboxylic acids is 1. The van der Waals surface area contributed by atoms with Crippen LogP contribution in [-0.4, -0.2) is 35.3 Å². The number of nitrogens with one attached hydrogen (secondary N) is 3. The molecule has 0 radical (unpaired) electrons. The third-order valence-corrected chi connectivity index (χ3v) is 5.40. The topological polar surface area (TPSA) is 91.3 Å². The van der Waals surface area contributed by atoms with Gasteiger partial charge in [-0.05, 0) is 31.6 Å². The summed E-state index contributed by atoms with van der Waals surface area (Å²) in [6, 6.07) is 19.6. The van der Waals surface area contributed by atoms with E-state index in [1.165, 1.54) is 0 Å². The SMILES string of the molecule is CCC(=O)N[N+]1(c2ccnc(NC(C)c3ccccc3)n2)C=Nc2ccccc21.CCNCC. The molecule has 4 rings (SSSR count). The molecule has 8 heteroatoms. The molecule has 178 valence electrons. The quantitative estimate of drug-likeness (QED) is 0.411. The van der Waals surface area contributed by atoms with Gasteiger partial charge in [0.25, 0.3) is 11.7 Å². The van der Waals surface area contributed by atoms with Crippen molar-refractivity contribution in [3.05, 3.63) is 72.4 Å². The van der Waals surface area contributed by atoms with Gasteiger partial charge in [-0.2, -0.15) is 15.4 Å². The monoisotopic (exact) mass is 460 g/mol. The highest BCUT2D eigenvalue weighted by molar-refractivity contribution is 5.96. The third kappa shape index (κ3) is 5.84. The zero-order valence-corrected chi connectivity index (χ0v) is 20.3. The summed E-state index contributed by atoms with van der Waals surface area (Å²) >= 11 is 0. The lowest BCUT2D eigenvalue weighted by atomic mass is 10.1. The summed E-state index contributed by atoms with van der Waals surface area (Å²) in [7, 11) is 0. The number of aliphatic imine (C=N–C) groups is 1. The van der Waals surface area contributed by atoms with Crippen LogP contribution in [-0.2, 0) is 4.79 Å². The fourth-order valence-corrected chi connectivity index (χ4v) is 3.57. The molecule has 2 atom stereocenters. The van der Waals surface area contributed by atoms with Crippen LogP contribution in [0.2, 0.25) is 0 Å². The van der Waals surface area contributed by atoms with Crippen LogP contribution in [0.1, 0.15) is 45.7 Å².